The third kappa shape index (κ3) is 4.78. The number of rotatable bonds is 8. The average molecular weight is 323 g/mol. The quantitative estimate of drug-likeness (QED) is 0.768. The third-order valence-corrected chi connectivity index (χ3v) is 4.61. The number of hydrogen-bond donors (Lipinski definition) is 2. The molecule has 0 radical (unpaired) electrons. The molecule has 0 aliphatic carbocycles. The lowest BCUT2D eigenvalue weighted by Gasteiger charge is -2.23. The number of ether oxygens (including phenoxy) is 1. The largest absolute Gasteiger partial charge is 0.396 e. The summed E-state index contributed by atoms with van der Waals surface area (Å²) in [6, 6.07) is 0.326. The van der Waals surface area contributed by atoms with Crippen LogP contribution < -0.4 is 5.32 Å². The molecular weight excluding hydrogens is 294 g/mol. The fraction of sp³-hybridized carbons (Fsp3) is 0.765. The highest BCUT2D eigenvalue weighted by molar-refractivity contribution is 5.95. The minimum Gasteiger partial charge on any atom is -0.396 e. The van der Waals surface area contributed by atoms with Gasteiger partial charge in [-0.15, -0.1) is 0 Å². The Bertz CT molecular complexity index is 489. The molecule has 1 fully saturated rings. The molecule has 1 atom stereocenters. The van der Waals surface area contributed by atoms with Gasteiger partial charge in [-0.25, -0.2) is 0 Å². The van der Waals surface area contributed by atoms with E-state index in [0.717, 1.165) is 51.0 Å². The average Bonchev–Trinajstić information content (AvgIpc) is 2.95. The molecule has 1 aliphatic rings. The number of amides is 1. The fourth-order valence-corrected chi connectivity index (χ4v) is 3.22. The number of carbonyl (C=O) groups excluding carboxylic acids is 1. The van der Waals surface area contributed by atoms with Crippen molar-refractivity contribution >= 4 is 5.91 Å². The van der Waals surface area contributed by atoms with E-state index >= 15 is 0 Å². The number of aliphatic hydroxyl groups is 1. The smallest absolute Gasteiger partial charge is 0.254 e. The van der Waals surface area contributed by atoms with Gasteiger partial charge in [0.25, 0.3) is 5.91 Å². The van der Waals surface area contributed by atoms with Crippen LogP contribution in [-0.2, 0) is 4.74 Å². The molecule has 0 bridgehead atoms. The first-order chi connectivity index (χ1) is 11.2. The van der Waals surface area contributed by atoms with Crippen molar-refractivity contribution in [3.63, 3.8) is 0 Å². The van der Waals surface area contributed by atoms with Crippen LogP contribution in [0, 0.1) is 12.8 Å². The zero-order chi connectivity index (χ0) is 16.7. The van der Waals surface area contributed by atoms with Crippen LogP contribution in [0.4, 0.5) is 0 Å². The molecule has 2 rings (SSSR count). The van der Waals surface area contributed by atoms with Gasteiger partial charge in [-0.05, 0) is 38.5 Å². The SMILES string of the molecule is CCCC(CCO)CNC(=O)c1cnn(C2CCOCC2)c1C. The topological polar surface area (TPSA) is 76.4 Å². The first-order valence-corrected chi connectivity index (χ1v) is 8.68. The van der Waals surface area contributed by atoms with Gasteiger partial charge in [0.15, 0.2) is 0 Å². The van der Waals surface area contributed by atoms with E-state index < -0.39 is 0 Å². The molecule has 6 nitrogen and oxygen atoms in total. The van der Waals surface area contributed by atoms with E-state index in [-0.39, 0.29) is 12.5 Å². The predicted octanol–water partition coefficient (Wildman–Crippen LogP) is 2.07. The molecule has 2 heterocycles. The number of nitrogens with zero attached hydrogens (tertiary/aromatic N) is 2. The van der Waals surface area contributed by atoms with E-state index in [2.05, 4.69) is 17.3 Å². The lowest BCUT2D eigenvalue weighted by atomic mass is 10.00. The molecule has 1 amide bonds. The summed E-state index contributed by atoms with van der Waals surface area (Å²) >= 11 is 0. The maximum Gasteiger partial charge on any atom is 0.254 e. The van der Waals surface area contributed by atoms with E-state index in [1.165, 1.54) is 0 Å². The number of carbonyl (C=O) groups is 1. The summed E-state index contributed by atoms with van der Waals surface area (Å²) in [4.78, 5) is 12.4. The Morgan fingerprint density at radius 2 is 2.22 bits per heavy atom. The second-order valence-corrected chi connectivity index (χ2v) is 6.31. The van der Waals surface area contributed by atoms with Gasteiger partial charge in [-0.2, -0.15) is 5.10 Å². The van der Waals surface area contributed by atoms with E-state index in [1.807, 2.05) is 11.6 Å². The van der Waals surface area contributed by atoms with Crippen molar-refractivity contribution in [3.05, 3.63) is 17.5 Å². The van der Waals surface area contributed by atoms with Gasteiger partial charge < -0.3 is 15.2 Å². The predicted molar refractivity (Wildman–Crippen MR) is 88.5 cm³/mol. The number of nitrogens with one attached hydrogen (secondary N) is 1. The Kier molecular flexibility index (Phi) is 7.05. The van der Waals surface area contributed by atoms with Gasteiger partial charge in [0.05, 0.1) is 17.8 Å². The molecule has 1 aromatic heterocycles. The summed E-state index contributed by atoms with van der Waals surface area (Å²) in [5.74, 6) is 0.264. The summed E-state index contributed by atoms with van der Waals surface area (Å²) in [6.45, 7) is 6.36. The molecule has 1 aromatic rings. The van der Waals surface area contributed by atoms with E-state index in [0.29, 0.717) is 24.1 Å². The van der Waals surface area contributed by atoms with Crippen LogP contribution >= 0.6 is 0 Å². The van der Waals surface area contributed by atoms with Gasteiger partial charge in [-0.1, -0.05) is 13.3 Å². The van der Waals surface area contributed by atoms with Gasteiger partial charge in [-0.3, -0.25) is 9.48 Å². The molecule has 1 aliphatic heterocycles. The highest BCUT2D eigenvalue weighted by Crippen LogP contribution is 2.23. The Labute approximate surface area is 138 Å². The van der Waals surface area contributed by atoms with E-state index in [9.17, 15) is 4.79 Å². The van der Waals surface area contributed by atoms with Crippen LogP contribution in [0.1, 0.15) is 61.1 Å². The van der Waals surface area contributed by atoms with Crippen LogP contribution in [0.15, 0.2) is 6.20 Å². The Morgan fingerprint density at radius 3 is 2.87 bits per heavy atom. The van der Waals surface area contributed by atoms with Crippen molar-refractivity contribution < 1.29 is 14.6 Å². The van der Waals surface area contributed by atoms with Crippen molar-refractivity contribution in [1.82, 2.24) is 15.1 Å². The summed E-state index contributed by atoms with van der Waals surface area (Å²) in [7, 11) is 0. The maximum atomic E-state index is 12.4. The lowest BCUT2D eigenvalue weighted by Crippen LogP contribution is -2.30. The first-order valence-electron chi connectivity index (χ1n) is 8.68. The van der Waals surface area contributed by atoms with Gasteiger partial charge in [0.2, 0.25) is 0 Å². The van der Waals surface area contributed by atoms with E-state index in [1.54, 1.807) is 6.20 Å². The van der Waals surface area contributed by atoms with Crippen LogP contribution in [0.2, 0.25) is 0 Å². The molecule has 2 N–H and O–H groups in total. The standard InChI is InChI=1S/C17H29N3O3/c1-3-4-14(5-8-21)11-18-17(22)16-12-19-20(13(16)2)15-6-9-23-10-7-15/h12,14-15,21H,3-11H2,1-2H3,(H,18,22). The number of aromatic nitrogens is 2. The summed E-state index contributed by atoms with van der Waals surface area (Å²) in [6.07, 6.45) is 6.36. The Morgan fingerprint density at radius 1 is 1.48 bits per heavy atom. The molecule has 6 heteroatoms. The molecule has 23 heavy (non-hydrogen) atoms. The molecule has 1 saturated heterocycles. The second-order valence-electron chi connectivity index (χ2n) is 6.31. The highest BCUT2D eigenvalue weighted by atomic mass is 16.5. The Hall–Kier alpha value is -1.40. The second kappa shape index (κ2) is 9.03. The number of aliphatic hydroxyl groups excluding tert-OH is 1. The number of hydrogen-bond acceptors (Lipinski definition) is 4. The van der Waals surface area contributed by atoms with E-state index in [4.69, 9.17) is 9.84 Å². The molecular formula is C17H29N3O3. The van der Waals surface area contributed by atoms with Crippen molar-refractivity contribution in [2.45, 2.75) is 52.0 Å². The molecule has 0 spiro atoms. The minimum atomic E-state index is -0.0696. The summed E-state index contributed by atoms with van der Waals surface area (Å²) < 4.78 is 7.35. The molecule has 0 aromatic carbocycles. The first kappa shape index (κ1) is 17.9. The molecule has 1 unspecified atom stereocenters. The third-order valence-electron chi connectivity index (χ3n) is 4.61. The van der Waals surface area contributed by atoms with Crippen molar-refractivity contribution in [2.75, 3.05) is 26.4 Å². The zero-order valence-corrected chi connectivity index (χ0v) is 14.3. The monoisotopic (exact) mass is 323 g/mol. The van der Waals surface area contributed by atoms with Crippen molar-refractivity contribution in [3.8, 4) is 0 Å². The van der Waals surface area contributed by atoms with Gasteiger partial charge >= 0.3 is 0 Å². The van der Waals surface area contributed by atoms with Crippen molar-refractivity contribution in [1.29, 1.82) is 0 Å². The van der Waals surface area contributed by atoms with Crippen LogP contribution in [0.25, 0.3) is 0 Å². The minimum absolute atomic E-state index is 0.0696. The highest BCUT2D eigenvalue weighted by Gasteiger charge is 2.22. The maximum absolute atomic E-state index is 12.4. The fourth-order valence-electron chi connectivity index (χ4n) is 3.22. The Balaban J connectivity index is 1.95. The van der Waals surface area contributed by atoms with Crippen LogP contribution in [-0.4, -0.2) is 47.2 Å². The van der Waals surface area contributed by atoms with Gasteiger partial charge in [0.1, 0.15) is 0 Å². The summed E-state index contributed by atoms with van der Waals surface area (Å²) in [5, 5.41) is 16.5. The van der Waals surface area contributed by atoms with Gasteiger partial charge in [0, 0.05) is 32.1 Å². The normalized spacial score (nSPS) is 17.2. The van der Waals surface area contributed by atoms with Crippen LogP contribution in [0.5, 0.6) is 0 Å². The molecule has 0 saturated carbocycles. The van der Waals surface area contributed by atoms with Crippen molar-refractivity contribution in [2.24, 2.45) is 5.92 Å². The summed E-state index contributed by atoms with van der Waals surface area (Å²) in [5.41, 5.74) is 1.57. The zero-order valence-electron chi connectivity index (χ0n) is 14.3. The lowest BCUT2D eigenvalue weighted by molar-refractivity contribution is 0.0656. The molecule has 130 valence electrons. The van der Waals surface area contributed by atoms with Crippen LogP contribution in [0.3, 0.4) is 0 Å².